The Morgan fingerprint density at radius 3 is 2.02 bits per heavy atom. The maximum atomic E-state index is 13.6. The van der Waals surface area contributed by atoms with Crippen molar-refractivity contribution in [1.82, 2.24) is 20.9 Å². The van der Waals surface area contributed by atoms with E-state index in [1.807, 2.05) is 73.3 Å². The lowest BCUT2D eigenvalue weighted by atomic mass is 10.0. The van der Waals surface area contributed by atoms with Crippen LogP contribution in [0.5, 0.6) is 0 Å². The molecule has 7 N–H and O–H groups in total. The molecule has 3 rings (SSSR count). The van der Waals surface area contributed by atoms with Crippen LogP contribution >= 0.6 is 23.5 Å². The summed E-state index contributed by atoms with van der Waals surface area (Å²) in [7, 11) is 0. The largest absolute Gasteiger partial charge is 0.480 e. The third-order valence-electron chi connectivity index (χ3n) is 6.84. The Labute approximate surface area is 254 Å². The van der Waals surface area contributed by atoms with Gasteiger partial charge in [-0.25, -0.2) is 4.79 Å². The topological polar surface area (TPSA) is 166 Å². The number of carboxylic acids is 1. The maximum Gasteiger partial charge on any atom is 0.326 e. The first-order valence-corrected chi connectivity index (χ1v) is 16.5. The second kappa shape index (κ2) is 16.8. The van der Waals surface area contributed by atoms with Crippen molar-refractivity contribution in [3.63, 3.8) is 0 Å². The standard InChI is InChI=1S/C30H39N5O5S2/c1-41-14-12-24(28(37)34-25(30(39)40)13-15-42-2)33-29(38)26(16-19-8-4-3-5-9-19)35-27(36)22(31)17-20-18-32-23-11-7-6-10-21(20)23/h3-11,18,22,24-26,32H,12-17,31H2,1-2H3,(H,33,38)(H,34,37)(H,35,36)(H,39,40). The number of hydrogen-bond acceptors (Lipinski definition) is 7. The summed E-state index contributed by atoms with van der Waals surface area (Å²) in [6.07, 6.45) is 6.55. The number of carboxylic acid groups (broad SMARTS) is 1. The van der Waals surface area contributed by atoms with Crippen LogP contribution in [0.3, 0.4) is 0 Å². The Hall–Kier alpha value is -3.48. The quantitative estimate of drug-likeness (QED) is 0.135. The molecule has 2 aromatic carbocycles. The first-order chi connectivity index (χ1) is 20.2. The number of para-hydroxylation sites is 1. The molecule has 4 unspecified atom stereocenters. The van der Waals surface area contributed by atoms with E-state index in [0.29, 0.717) is 17.9 Å². The van der Waals surface area contributed by atoms with E-state index < -0.39 is 47.9 Å². The number of carbonyl (C=O) groups is 4. The summed E-state index contributed by atoms with van der Waals surface area (Å²) in [6, 6.07) is 13.0. The molecule has 226 valence electrons. The molecule has 10 nitrogen and oxygen atoms in total. The lowest BCUT2D eigenvalue weighted by Gasteiger charge is -2.25. The highest BCUT2D eigenvalue weighted by molar-refractivity contribution is 7.98. The molecule has 0 fully saturated rings. The molecule has 4 atom stereocenters. The molecule has 0 aliphatic rings. The molecular weight excluding hydrogens is 574 g/mol. The second-order valence-electron chi connectivity index (χ2n) is 9.94. The minimum atomic E-state index is -1.13. The average molecular weight is 614 g/mol. The number of nitrogens with one attached hydrogen (secondary N) is 4. The van der Waals surface area contributed by atoms with Gasteiger partial charge in [0.05, 0.1) is 6.04 Å². The van der Waals surface area contributed by atoms with Crippen molar-refractivity contribution in [3.8, 4) is 0 Å². The van der Waals surface area contributed by atoms with Gasteiger partial charge in [0, 0.05) is 23.5 Å². The van der Waals surface area contributed by atoms with E-state index in [0.717, 1.165) is 22.0 Å². The number of carbonyl (C=O) groups excluding carboxylic acids is 3. The van der Waals surface area contributed by atoms with Crippen LogP contribution in [-0.2, 0) is 32.0 Å². The second-order valence-corrected chi connectivity index (χ2v) is 11.9. The molecule has 0 saturated carbocycles. The molecule has 3 aromatic rings. The minimum absolute atomic E-state index is 0.181. The zero-order valence-electron chi connectivity index (χ0n) is 23.8. The van der Waals surface area contributed by atoms with Crippen LogP contribution < -0.4 is 21.7 Å². The van der Waals surface area contributed by atoms with Crippen molar-refractivity contribution in [2.75, 3.05) is 24.0 Å². The van der Waals surface area contributed by atoms with Crippen LogP contribution in [0.15, 0.2) is 60.8 Å². The molecule has 0 aliphatic carbocycles. The number of thioether (sulfide) groups is 2. The lowest BCUT2D eigenvalue weighted by Crippen LogP contribution is -2.58. The molecule has 0 spiro atoms. The molecule has 1 heterocycles. The van der Waals surface area contributed by atoms with E-state index in [1.165, 1.54) is 23.5 Å². The molecule has 3 amide bonds. The number of benzene rings is 2. The van der Waals surface area contributed by atoms with Crippen molar-refractivity contribution < 1.29 is 24.3 Å². The van der Waals surface area contributed by atoms with Crippen molar-refractivity contribution in [2.45, 2.75) is 49.9 Å². The predicted octanol–water partition coefficient (Wildman–Crippen LogP) is 2.33. The molecule has 42 heavy (non-hydrogen) atoms. The zero-order chi connectivity index (χ0) is 30.5. The number of hydrogen-bond donors (Lipinski definition) is 6. The SMILES string of the molecule is CSCCC(NC(=O)C(CCSC)NC(=O)C(Cc1ccccc1)NC(=O)C(N)Cc1c[nH]c2ccccc12)C(=O)O. The van der Waals surface area contributed by atoms with Crippen LogP contribution in [0.2, 0.25) is 0 Å². The monoisotopic (exact) mass is 613 g/mol. The highest BCUT2D eigenvalue weighted by Crippen LogP contribution is 2.19. The van der Waals surface area contributed by atoms with Gasteiger partial charge in [-0.1, -0.05) is 48.5 Å². The van der Waals surface area contributed by atoms with Gasteiger partial charge in [-0.15, -0.1) is 0 Å². The van der Waals surface area contributed by atoms with Crippen LogP contribution in [0.25, 0.3) is 10.9 Å². The summed E-state index contributed by atoms with van der Waals surface area (Å²) >= 11 is 2.98. The summed E-state index contributed by atoms with van der Waals surface area (Å²) in [6.45, 7) is 0. The first kappa shape index (κ1) is 33.0. The third kappa shape index (κ3) is 9.81. The Morgan fingerprint density at radius 1 is 0.786 bits per heavy atom. The van der Waals surface area contributed by atoms with E-state index in [2.05, 4.69) is 20.9 Å². The van der Waals surface area contributed by atoms with Gasteiger partial charge < -0.3 is 31.8 Å². The Morgan fingerprint density at radius 2 is 1.36 bits per heavy atom. The van der Waals surface area contributed by atoms with Gasteiger partial charge in [-0.05, 0) is 60.5 Å². The predicted molar refractivity (Wildman–Crippen MR) is 170 cm³/mol. The van der Waals surface area contributed by atoms with Crippen LogP contribution in [-0.4, -0.2) is 82.0 Å². The van der Waals surface area contributed by atoms with Crippen molar-refractivity contribution in [2.24, 2.45) is 5.73 Å². The number of aromatic nitrogens is 1. The first-order valence-electron chi connectivity index (χ1n) is 13.7. The van der Waals surface area contributed by atoms with Crippen LogP contribution in [0.1, 0.15) is 24.0 Å². The molecule has 1 aromatic heterocycles. The Balaban J connectivity index is 1.75. The Bertz CT molecular complexity index is 1340. The summed E-state index contributed by atoms with van der Waals surface area (Å²) in [4.78, 5) is 54.9. The molecule has 0 aliphatic heterocycles. The third-order valence-corrected chi connectivity index (χ3v) is 8.12. The highest BCUT2D eigenvalue weighted by atomic mass is 32.2. The van der Waals surface area contributed by atoms with Gasteiger partial charge in [-0.3, -0.25) is 14.4 Å². The average Bonchev–Trinajstić information content (AvgIpc) is 3.39. The molecule has 0 radical (unpaired) electrons. The van der Waals surface area contributed by atoms with Crippen LogP contribution in [0, 0.1) is 0 Å². The number of aliphatic carboxylic acids is 1. The molecule has 12 heteroatoms. The number of rotatable bonds is 17. The molecular formula is C30H39N5O5S2. The van der Waals surface area contributed by atoms with Gasteiger partial charge in [0.1, 0.15) is 18.1 Å². The van der Waals surface area contributed by atoms with Crippen molar-refractivity contribution in [3.05, 3.63) is 71.9 Å². The van der Waals surface area contributed by atoms with E-state index >= 15 is 0 Å². The minimum Gasteiger partial charge on any atom is -0.480 e. The number of nitrogens with two attached hydrogens (primary N) is 1. The van der Waals surface area contributed by atoms with Gasteiger partial charge in [0.2, 0.25) is 17.7 Å². The fourth-order valence-electron chi connectivity index (χ4n) is 4.51. The van der Waals surface area contributed by atoms with Gasteiger partial charge in [0.25, 0.3) is 0 Å². The van der Waals surface area contributed by atoms with Crippen LogP contribution in [0.4, 0.5) is 0 Å². The van der Waals surface area contributed by atoms with E-state index in [4.69, 9.17) is 5.73 Å². The van der Waals surface area contributed by atoms with E-state index in [9.17, 15) is 24.3 Å². The Kier molecular flexibility index (Phi) is 13.2. The smallest absolute Gasteiger partial charge is 0.326 e. The van der Waals surface area contributed by atoms with E-state index in [1.54, 1.807) is 0 Å². The summed E-state index contributed by atoms with van der Waals surface area (Å²) in [5.74, 6) is -1.64. The number of amides is 3. The lowest BCUT2D eigenvalue weighted by molar-refractivity contribution is -0.142. The number of H-pyrrole nitrogens is 1. The van der Waals surface area contributed by atoms with Crippen molar-refractivity contribution in [1.29, 1.82) is 0 Å². The van der Waals surface area contributed by atoms with Crippen molar-refractivity contribution >= 4 is 58.1 Å². The summed E-state index contributed by atoms with van der Waals surface area (Å²) in [5, 5.41) is 18.7. The molecule has 0 bridgehead atoms. The molecule has 0 saturated heterocycles. The van der Waals surface area contributed by atoms with Gasteiger partial charge >= 0.3 is 5.97 Å². The summed E-state index contributed by atoms with van der Waals surface area (Å²) in [5.41, 5.74) is 8.94. The summed E-state index contributed by atoms with van der Waals surface area (Å²) < 4.78 is 0. The van der Waals surface area contributed by atoms with E-state index in [-0.39, 0.29) is 19.3 Å². The highest BCUT2D eigenvalue weighted by Gasteiger charge is 2.30. The van der Waals surface area contributed by atoms with Gasteiger partial charge in [0.15, 0.2) is 0 Å². The fraction of sp³-hybridized carbons (Fsp3) is 0.400. The van der Waals surface area contributed by atoms with Gasteiger partial charge in [-0.2, -0.15) is 23.5 Å². The number of aromatic amines is 1. The zero-order valence-corrected chi connectivity index (χ0v) is 25.4. The normalized spacial score (nSPS) is 14.0. The number of fused-ring (bicyclic) bond motifs is 1. The fourth-order valence-corrected chi connectivity index (χ4v) is 5.45. The maximum absolute atomic E-state index is 13.6.